The van der Waals surface area contributed by atoms with E-state index in [0.29, 0.717) is 16.6 Å². The standard InChI is InChI=1S/C16H12Cl2FN3O2S/c17-14-6-1-11(9-15(14)18)10-22-8-7-16(20-22)21-25(23,24)13-4-2-12(19)3-5-13/h1-9H,10H2,(H,20,21). The number of anilines is 1. The number of nitrogens with one attached hydrogen (secondary N) is 1. The first-order valence-corrected chi connectivity index (χ1v) is 9.33. The monoisotopic (exact) mass is 399 g/mol. The van der Waals surface area contributed by atoms with E-state index in [9.17, 15) is 12.8 Å². The first-order valence-electron chi connectivity index (χ1n) is 7.09. The summed E-state index contributed by atoms with van der Waals surface area (Å²) in [4.78, 5) is -0.0482. The number of nitrogens with zero attached hydrogens (tertiary/aromatic N) is 2. The lowest BCUT2D eigenvalue weighted by atomic mass is 10.2. The fraction of sp³-hybridized carbons (Fsp3) is 0.0625. The molecule has 0 unspecified atom stereocenters. The molecule has 9 heteroatoms. The molecule has 0 atom stereocenters. The van der Waals surface area contributed by atoms with Crippen molar-refractivity contribution in [2.75, 3.05) is 4.72 Å². The van der Waals surface area contributed by atoms with Gasteiger partial charge in [0.25, 0.3) is 10.0 Å². The van der Waals surface area contributed by atoms with Gasteiger partial charge in [-0.05, 0) is 42.0 Å². The van der Waals surface area contributed by atoms with Gasteiger partial charge in [-0.25, -0.2) is 12.8 Å². The van der Waals surface area contributed by atoms with Crippen LogP contribution in [0.1, 0.15) is 5.56 Å². The van der Waals surface area contributed by atoms with Crippen LogP contribution in [0.3, 0.4) is 0 Å². The van der Waals surface area contributed by atoms with E-state index in [1.165, 1.54) is 18.2 Å². The van der Waals surface area contributed by atoms with E-state index < -0.39 is 15.8 Å². The van der Waals surface area contributed by atoms with Crippen molar-refractivity contribution in [3.63, 3.8) is 0 Å². The van der Waals surface area contributed by atoms with Crippen LogP contribution in [-0.2, 0) is 16.6 Å². The van der Waals surface area contributed by atoms with Gasteiger partial charge in [-0.1, -0.05) is 29.3 Å². The maximum Gasteiger partial charge on any atom is 0.263 e. The maximum atomic E-state index is 12.9. The Balaban J connectivity index is 1.74. The van der Waals surface area contributed by atoms with Crippen LogP contribution in [0.15, 0.2) is 59.6 Å². The minimum Gasteiger partial charge on any atom is -0.266 e. The Kier molecular flexibility index (Phi) is 4.99. The SMILES string of the molecule is O=S(=O)(Nc1ccn(Cc2ccc(Cl)c(Cl)c2)n1)c1ccc(F)cc1. The number of sulfonamides is 1. The van der Waals surface area contributed by atoms with E-state index in [4.69, 9.17) is 23.2 Å². The van der Waals surface area contributed by atoms with Crippen molar-refractivity contribution < 1.29 is 12.8 Å². The summed E-state index contributed by atoms with van der Waals surface area (Å²) >= 11 is 11.8. The molecule has 0 aliphatic rings. The summed E-state index contributed by atoms with van der Waals surface area (Å²) in [5, 5.41) is 5.05. The second kappa shape index (κ2) is 7.03. The van der Waals surface area contributed by atoms with Crippen molar-refractivity contribution in [1.82, 2.24) is 9.78 Å². The van der Waals surface area contributed by atoms with Crippen LogP contribution in [0, 0.1) is 5.82 Å². The minimum absolute atomic E-state index is 0.0482. The average molecular weight is 400 g/mol. The molecule has 0 amide bonds. The molecule has 0 aliphatic heterocycles. The van der Waals surface area contributed by atoms with Crippen molar-refractivity contribution in [3.05, 3.63) is 76.2 Å². The molecule has 1 N–H and O–H groups in total. The van der Waals surface area contributed by atoms with Gasteiger partial charge in [-0.3, -0.25) is 9.40 Å². The van der Waals surface area contributed by atoms with Gasteiger partial charge in [0.1, 0.15) is 5.82 Å². The molecule has 0 radical (unpaired) electrons. The van der Waals surface area contributed by atoms with Crippen molar-refractivity contribution in [2.45, 2.75) is 11.4 Å². The van der Waals surface area contributed by atoms with Gasteiger partial charge in [0.15, 0.2) is 5.82 Å². The molecule has 2 aromatic carbocycles. The van der Waals surface area contributed by atoms with Crippen LogP contribution in [0.5, 0.6) is 0 Å². The van der Waals surface area contributed by atoms with E-state index in [2.05, 4.69) is 9.82 Å². The highest BCUT2D eigenvalue weighted by Crippen LogP contribution is 2.23. The summed E-state index contributed by atoms with van der Waals surface area (Å²) in [6.07, 6.45) is 1.63. The van der Waals surface area contributed by atoms with E-state index >= 15 is 0 Å². The third kappa shape index (κ3) is 4.31. The van der Waals surface area contributed by atoms with Crippen molar-refractivity contribution in [2.24, 2.45) is 0 Å². The van der Waals surface area contributed by atoms with E-state index in [1.807, 2.05) is 0 Å². The third-order valence-corrected chi connectivity index (χ3v) is 5.44. The summed E-state index contributed by atoms with van der Waals surface area (Å²) in [6, 6.07) is 11.3. The molecule has 0 saturated carbocycles. The highest BCUT2D eigenvalue weighted by Gasteiger charge is 2.15. The van der Waals surface area contributed by atoms with Crippen LogP contribution in [0.4, 0.5) is 10.2 Å². The molecular weight excluding hydrogens is 388 g/mol. The first kappa shape index (κ1) is 17.7. The fourth-order valence-electron chi connectivity index (χ4n) is 2.14. The predicted octanol–water partition coefficient (Wildman–Crippen LogP) is 4.18. The molecule has 3 rings (SSSR count). The van der Waals surface area contributed by atoms with Crippen LogP contribution in [-0.4, -0.2) is 18.2 Å². The van der Waals surface area contributed by atoms with Gasteiger partial charge in [-0.15, -0.1) is 0 Å². The van der Waals surface area contributed by atoms with Crippen LogP contribution >= 0.6 is 23.2 Å². The highest BCUT2D eigenvalue weighted by atomic mass is 35.5. The molecule has 5 nitrogen and oxygen atoms in total. The molecular formula is C16H12Cl2FN3O2S. The molecule has 0 fully saturated rings. The minimum atomic E-state index is -3.83. The van der Waals surface area contributed by atoms with Gasteiger partial charge in [0.2, 0.25) is 0 Å². The summed E-state index contributed by atoms with van der Waals surface area (Å²) in [6.45, 7) is 0.398. The Morgan fingerprint density at radius 1 is 1.04 bits per heavy atom. The molecule has 0 aliphatic carbocycles. The van der Waals surface area contributed by atoms with E-state index in [0.717, 1.165) is 17.7 Å². The summed E-state index contributed by atoms with van der Waals surface area (Å²) < 4.78 is 41.3. The molecule has 0 bridgehead atoms. The zero-order chi connectivity index (χ0) is 18.0. The van der Waals surface area contributed by atoms with Gasteiger partial charge in [0.05, 0.1) is 21.5 Å². The quantitative estimate of drug-likeness (QED) is 0.699. The lowest BCUT2D eigenvalue weighted by Gasteiger charge is -2.06. The summed E-state index contributed by atoms with van der Waals surface area (Å²) in [5.74, 6) is -0.353. The second-order valence-corrected chi connectivity index (χ2v) is 7.70. The number of hydrogen-bond acceptors (Lipinski definition) is 3. The maximum absolute atomic E-state index is 12.9. The molecule has 1 aromatic heterocycles. The molecule has 3 aromatic rings. The van der Waals surface area contributed by atoms with Gasteiger partial charge in [0, 0.05) is 12.3 Å². The normalized spacial score (nSPS) is 11.5. The lowest BCUT2D eigenvalue weighted by molar-refractivity contribution is 0.599. The number of hydrogen-bond donors (Lipinski definition) is 1. The van der Waals surface area contributed by atoms with Crippen LogP contribution in [0.2, 0.25) is 10.0 Å². The largest absolute Gasteiger partial charge is 0.266 e. The van der Waals surface area contributed by atoms with Gasteiger partial charge < -0.3 is 0 Å². The Labute approximate surface area is 154 Å². The van der Waals surface area contributed by atoms with Gasteiger partial charge in [-0.2, -0.15) is 5.10 Å². The Hall–Kier alpha value is -2.09. The average Bonchev–Trinajstić information content (AvgIpc) is 2.97. The van der Waals surface area contributed by atoms with E-state index in [1.54, 1.807) is 29.1 Å². The summed E-state index contributed by atoms with van der Waals surface area (Å²) in [7, 11) is -3.83. The topological polar surface area (TPSA) is 64.0 Å². The van der Waals surface area contributed by atoms with Crippen LogP contribution in [0.25, 0.3) is 0 Å². The van der Waals surface area contributed by atoms with Crippen molar-refractivity contribution in [3.8, 4) is 0 Å². The lowest BCUT2D eigenvalue weighted by Crippen LogP contribution is -2.13. The first-order chi connectivity index (χ1) is 11.8. The molecule has 0 spiro atoms. The number of rotatable bonds is 5. The smallest absolute Gasteiger partial charge is 0.263 e. The Morgan fingerprint density at radius 2 is 1.76 bits per heavy atom. The van der Waals surface area contributed by atoms with Crippen molar-refractivity contribution in [1.29, 1.82) is 0 Å². The Morgan fingerprint density at radius 3 is 2.44 bits per heavy atom. The number of halogens is 3. The number of benzene rings is 2. The second-order valence-electron chi connectivity index (χ2n) is 5.21. The third-order valence-electron chi connectivity index (χ3n) is 3.33. The highest BCUT2D eigenvalue weighted by molar-refractivity contribution is 7.92. The van der Waals surface area contributed by atoms with Crippen molar-refractivity contribution >= 4 is 39.0 Å². The zero-order valence-corrected chi connectivity index (χ0v) is 15.0. The molecule has 25 heavy (non-hydrogen) atoms. The van der Waals surface area contributed by atoms with Crippen LogP contribution < -0.4 is 4.72 Å². The predicted molar refractivity (Wildman–Crippen MR) is 95.0 cm³/mol. The zero-order valence-electron chi connectivity index (χ0n) is 12.7. The molecule has 1 heterocycles. The molecule has 0 saturated heterocycles. The number of aromatic nitrogens is 2. The Bertz CT molecular complexity index is 1000. The molecule has 130 valence electrons. The van der Waals surface area contributed by atoms with E-state index in [-0.39, 0.29) is 10.7 Å². The summed E-state index contributed by atoms with van der Waals surface area (Å²) in [5.41, 5.74) is 0.866. The fourth-order valence-corrected chi connectivity index (χ4v) is 3.46. The van der Waals surface area contributed by atoms with Gasteiger partial charge >= 0.3 is 0 Å².